The zero-order valence-electron chi connectivity index (χ0n) is 14.9. The largest absolute Gasteiger partial charge is 0.516 e. The molecule has 1 aromatic heterocycles. The predicted molar refractivity (Wildman–Crippen MR) is 95.7 cm³/mol. The quantitative estimate of drug-likeness (QED) is 0.515. The number of anilines is 2. The number of fused-ring (bicyclic) bond motifs is 1. The minimum absolute atomic E-state index is 0.0770. The lowest BCUT2D eigenvalue weighted by atomic mass is 10.0. The molecule has 0 fully saturated rings. The van der Waals surface area contributed by atoms with Gasteiger partial charge in [-0.15, -0.1) is 20.4 Å². The Morgan fingerprint density at radius 1 is 1.13 bits per heavy atom. The van der Waals surface area contributed by atoms with Crippen LogP contribution in [0.1, 0.15) is 17.0 Å². The van der Waals surface area contributed by atoms with Crippen LogP contribution in [0.25, 0.3) is 0 Å². The number of rotatable bonds is 4. The van der Waals surface area contributed by atoms with Crippen molar-refractivity contribution in [1.82, 2.24) is 10.2 Å². The van der Waals surface area contributed by atoms with E-state index in [0.29, 0.717) is 24.2 Å². The topological polar surface area (TPSA) is 99.9 Å². The number of alkyl halides is 6. The average Bonchev–Trinajstić information content (AvgIpc) is 3.09. The van der Waals surface area contributed by atoms with Crippen LogP contribution in [0, 0.1) is 0 Å². The summed E-state index contributed by atoms with van der Waals surface area (Å²) in [4.78, 5) is 1.73. The number of nitrogens with zero attached hydrogens (tertiary/aromatic N) is 5. The van der Waals surface area contributed by atoms with Gasteiger partial charge in [0.05, 0.1) is 5.69 Å². The summed E-state index contributed by atoms with van der Waals surface area (Å²) in [5, 5.41) is 11.4. The molecule has 16 heteroatoms. The first-order valence-electron chi connectivity index (χ1n) is 8.07. The maximum atomic E-state index is 12.8. The van der Waals surface area contributed by atoms with E-state index in [4.69, 9.17) is 0 Å². The highest BCUT2D eigenvalue weighted by Crippen LogP contribution is 2.40. The molecule has 0 saturated carbocycles. The highest BCUT2D eigenvalue weighted by Gasteiger charge is 2.46. The fraction of sp³-hybridized carbons (Fsp3) is 0.429. The zero-order chi connectivity index (χ0) is 22.3. The second-order valence-corrected chi connectivity index (χ2v) is 8.79. The first-order chi connectivity index (χ1) is 13.8. The molecule has 1 aliphatic rings. The van der Waals surface area contributed by atoms with Crippen LogP contribution in [0.2, 0.25) is 0 Å². The second kappa shape index (κ2) is 7.64. The summed E-state index contributed by atoms with van der Waals surface area (Å²) in [6.07, 6.45) is -3.46. The Balaban J connectivity index is 2.02. The predicted octanol–water partition coefficient (Wildman–Crippen LogP) is 4.62. The van der Waals surface area contributed by atoms with Crippen molar-refractivity contribution < 1.29 is 34.8 Å². The molecule has 0 aliphatic carbocycles. The third-order valence-corrected chi connectivity index (χ3v) is 5.95. The zero-order valence-corrected chi connectivity index (χ0v) is 16.5. The first kappa shape index (κ1) is 22.2. The van der Waals surface area contributed by atoms with Crippen molar-refractivity contribution in [2.45, 2.75) is 24.5 Å². The molecular formula is C14H12F6N6O2S2. The van der Waals surface area contributed by atoms with Crippen LogP contribution in [0.3, 0.4) is 0 Å². The highest BCUT2D eigenvalue weighted by atomic mass is 32.2. The number of benzene rings is 1. The standard InChI is InChI=1S/C14H12F6N6O2S2/c1-26-4-2-3-7-5-8(21-23-12-24-22-11(29-12)13(15,16)17)9(6-10(7)26)25-30(27,28)14(18,19)20/h5-6,25H,2-4H2,1H3/b23-21+. The Kier molecular flexibility index (Phi) is 5.66. The van der Waals surface area contributed by atoms with Gasteiger partial charge in [0.1, 0.15) is 5.69 Å². The van der Waals surface area contributed by atoms with Crippen molar-refractivity contribution in [2.24, 2.45) is 10.2 Å². The number of aromatic nitrogens is 2. The maximum Gasteiger partial charge on any atom is 0.516 e. The summed E-state index contributed by atoms with van der Waals surface area (Å²) in [6.45, 7) is 0.602. The van der Waals surface area contributed by atoms with Gasteiger partial charge in [-0.25, -0.2) is 0 Å². The third kappa shape index (κ3) is 4.63. The molecule has 30 heavy (non-hydrogen) atoms. The van der Waals surface area contributed by atoms with Crippen molar-refractivity contribution >= 4 is 43.6 Å². The van der Waals surface area contributed by atoms with E-state index in [1.54, 1.807) is 11.9 Å². The van der Waals surface area contributed by atoms with Crippen LogP contribution < -0.4 is 9.62 Å². The lowest BCUT2D eigenvalue weighted by Gasteiger charge is -2.28. The summed E-state index contributed by atoms with van der Waals surface area (Å²) in [6, 6.07) is 2.50. The maximum absolute atomic E-state index is 12.8. The van der Waals surface area contributed by atoms with Gasteiger partial charge in [0, 0.05) is 19.3 Å². The number of azo groups is 1. The molecule has 164 valence electrons. The lowest BCUT2D eigenvalue weighted by molar-refractivity contribution is -0.138. The van der Waals surface area contributed by atoms with Crippen LogP contribution in [-0.2, 0) is 22.6 Å². The van der Waals surface area contributed by atoms with Gasteiger partial charge in [0.15, 0.2) is 0 Å². The van der Waals surface area contributed by atoms with Gasteiger partial charge in [-0.3, -0.25) is 4.72 Å². The van der Waals surface area contributed by atoms with Crippen LogP contribution in [0.5, 0.6) is 0 Å². The molecule has 8 nitrogen and oxygen atoms in total. The SMILES string of the molecule is CN1CCCc2cc(/N=N/c3nnc(C(F)(F)F)s3)c(NS(=O)(=O)C(F)(F)F)cc21. The first-order valence-corrected chi connectivity index (χ1v) is 10.4. The van der Waals surface area contributed by atoms with Gasteiger partial charge in [0.2, 0.25) is 5.01 Å². The molecule has 0 bridgehead atoms. The smallest absolute Gasteiger partial charge is 0.374 e. The fourth-order valence-electron chi connectivity index (χ4n) is 2.64. The van der Waals surface area contributed by atoms with Crippen molar-refractivity contribution in [3.63, 3.8) is 0 Å². The summed E-state index contributed by atoms with van der Waals surface area (Å²) < 4.78 is 101. The fourth-order valence-corrected chi connectivity index (χ4v) is 3.74. The molecule has 0 atom stereocenters. The Labute approximate surface area is 169 Å². The minimum atomic E-state index is -5.76. The summed E-state index contributed by atoms with van der Waals surface area (Å²) in [5.74, 6) is 0. The normalized spacial score (nSPS) is 15.5. The monoisotopic (exact) mass is 474 g/mol. The minimum Gasteiger partial charge on any atom is -0.374 e. The van der Waals surface area contributed by atoms with Gasteiger partial charge < -0.3 is 4.90 Å². The lowest BCUT2D eigenvalue weighted by Crippen LogP contribution is -2.30. The van der Waals surface area contributed by atoms with E-state index in [1.807, 2.05) is 0 Å². The molecule has 0 unspecified atom stereocenters. The number of hydrogen-bond acceptors (Lipinski definition) is 8. The summed E-state index contributed by atoms with van der Waals surface area (Å²) in [5.41, 5.74) is -5.25. The number of sulfonamides is 1. The van der Waals surface area contributed by atoms with E-state index in [-0.39, 0.29) is 17.0 Å². The van der Waals surface area contributed by atoms with Crippen molar-refractivity contribution in [3.8, 4) is 0 Å². The number of aryl methyl sites for hydroxylation is 1. The molecule has 0 radical (unpaired) electrons. The Bertz CT molecular complexity index is 1080. The third-order valence-electron chi connectivity index (χ3n) is 4.00. The van der Waals surface area contributed by atoms with Gasteiger partial charge in [-0.2, -0.15) is 34.8 Å². The van der Waals surface area contributed by atoms with Crippen LogP contribution in [0.4, 0.5) is 48.5 Å². The van der Waals surface area contributed by atoms with E-state index in [0.717, 1.165) is 6.42 Å². The molecule has 1 aromatic carbocycles. The summed E-state index contributed by atoms with van der Waals surface area (Å²) in [7, 11) is -4.08. The molecular weight excluding hydrogens is 462 g/mol. The van der Waals surface area contributed by atoms with Crippen LogP contribution in [-0.4, -0.2) is 37.7 Å². The Morgan fingerprint density at radius 3 is 2.43 bits per heavy atom. The molecule has 2 heterocycles. The molecule has 1 aliphatic heterocycles. The van der Waals surface area contributed by atoms with Crippen LogP contribution >= 0.6 is 11.3 Å². The molecule has 2 aromatic rings. The molecule has 0 saturated heterocycles. The van der Waals surface area contributed by atoms with Gasteiger partial charge >= 0.3 is 21.7 Å². The Hall–Kier alpha value is -2.49. The number of nitrogens with one attached hydrogen (secondary N) is 1. The van der Waals surface area contributed by atoms with Crippen LogP contribution in [0.15, 0.2) is 22.4 Å². The van der Waals surface area contributed by atoms with Crippen molar-refractivity contribution in [1.29, 1.82) is 0 Å². The van der Waals surface area contributed by atoms with Crippen molar-refractivity contribution in [2.75, 3.05) is 23.2 Å². The molecule has 3 rings (SSSR count). The average molecular weight is 474 g/mol. The van der Waals surface area contributed by atoms with Gasteiger partial charge in [-0.1, -0.05) is 11.3 Å². The molecule has 1 N–H and O–H groups in total. The summed E-state index contributed by atoms with van der Waals surface area (Å²) >= 11 is 0.0770. The molecule has 0 amide bonds. The molecule has 0 spiro atoms. The van der Waals surface area contributed by atoms with Gasteiger partial charge in [0.25, 0.3) is 5.13 Å². The second-order valence-electron chi connectivity index (χ2n) is 6.16. The van der Waals surface area contributed by atoms with E-state index >= 15 is 0 Å². The van der Waals surface area contributed by atoms with E-state index in [1.165, 1.54) is 16.9 Å². The van der Waals surface area contributed by atoms with E-state index in [2.05, 4.69) is 20.4 Å². The number of halogens is 6. The van der Waals surface area contributed by atoms with E-state index < -0.39 is 37.5 Å². The van der Waals surface area contributed by atoms with Crippen molar-refractivity contribution in [3.05, 3.63) is 22.7 Å². The van der Waals surface area contributed by atoms with E-state index in [9.17, 15) is 34.8 Å². The highest BCUT2D eigenvalue weighted by molar-refractivity contribution is 7.93. The van der Waals surface area contributed by atoms with Gasteiger partial charge in [-0.05, 0) is 30.5 Å². The number of hydrogen-bond donors (Lipinski definition) is 1. The Morgan fingerprint density at radius 2 is 1.83 bits per heavy atom.